The summed E-state index contributed by atoms with van der Waals surface area (Å²) in [6.07, 6.45) is 0.266. The van der Waals surface area contributed by atoms with Crippen molar-refractivity contribution in [3.63, 3.8) is 0 Å². The fourth-order valence-corrected chi connectivity index (χ4v) is 3.13. The van der Waals surface area contributed by atoms with Gasteiger partial charge in [0.15, 0.2) is 8.32 Å². The minimum absolute atomic E-state index is 0.0205. The summed E-state index contributed by atoms with van der Waals surface area (Å²) in [5.41, 5.74) is 0. The second-order valence-electron chi connectivity index (χ2n) is 6.55. The van der Waals surface area contributed by atoms with Gasteiger partial charge in [0, 0.05) is 6.54 Å². The first-order chi connectivity index (χ1) is 8.56. The Morgan fingerprint density at radius 3 is 2.47 bits per heavy atom. The van der Waals surface area contributed by atoms with Crippen LogP contribution in [0.25, 0.3) is 0 Å². The van der Waals surface area contributed by atoms with Crippen molar-refractivity contribution in [2.75, 3.05) is 20.2 Å². The van der Waals surface area contributed by atoms with Gasteiger partial charge in [0.2, 0.25) is 5.91 Å². The van der Waals surface area contributed by atoms with Gasteiger partial charge in [-0.15, -0.1) is 0 Å². The third kappa shape index (κ3) is 4.04. The summed E-state index contributed by atoms with van der Waals surface area (Å²) in [5, 5.41) is 0.117. The lowest BCUT2D eigenvalue weighted by Crippen LogP contribution is -2.44. The van der Waals surface area contributed by atoms with Crippen LogP contribution in [0.5, 0.6) is 0 Å². The summed E-state index contributed by atoms with van der Waals surface area (Å²) in [5.74, 6) is -0.421. The fourth-order valence-electron chi connectivity index (χ4n) is 1.78. The molecule has 0 aliphatic carbocycles. The lowest BCUT2D eigenvalue weighted by molar-refractivity contribution is -0.145. The molecule has 1 heterocycles. The number of methoxy groups -OCH3 is 1. The molecule has 0 N–H and O–H groups in total. The van der Waals surface area contributed by atoms with Gasteiger partial charge >= 0.3 is 5.97 Å². The van der Waals surface area contributed by atoms with Crippen molar-refractivity contribution in [1.29, 1.82) is 0 Å². The number of carbonyl (C=O) groups is 2. The highest BCUT2D eigenvalue weighted by Crippen LogP contribution is 2.38. The maximum absolute atomic E-state index is 11.8. The Kier molecular flexibility index (Phi) is 4.79. The molecule has 6 heteroatoms. The Bertz CT molecular complexity index is 362. The van der Waals surface area contributed by atoms with E-state index in [2.05, 4.69) is 38.6 Å². The standard InChI is InChI=1S/C13H25NO4Si/c1-13(2,3)19(5,6)18-10-7-11(15)14(8-10)9-12(16)17-4/h10H,7-9H2,1-6H3. The minimum atomic E-state index is -1.87. The van der Waals surface area contributed by atoms with Crippen LogP contribution in [0.2, 0.25) is 18.1 Å². The molecule has 1 fully saturated rings. The molecule has 0 saturated carbocycles. The number of nitrogens with zero attached hydrogens (tertiary/aromatic N) is 1. The first-order valence-electron chi connectivity index (χ1n) is 6.59. The number of rotatable bonds is 4. The highest BCUT2D eigenvalue weighted by molar-refractivity contribution is 6.74. The molecule has 110 valence electrons. The Morgan fingerprint density at radius 2 is 2.00 bits per heavy atom. The number of hydrogen-bond donors (Lipinski definition) is 0. The molecule has 1 saturated heterocycles. The van der Waals surface area contributed by atoms with Crippen LogP contribution in [-0.2, 0) is 18.8 Å². The maximum atomic E-state index is 11.8. The zero-order chi connectivity index (χ0) is 14.8. The Hall–Kier alpha value is -0.883. The maximum Gasteiger partial charge on any atom is 0.325 e. The van der Waals surface area contributed by atoms with E-state index < -0.39 is 8.32 Å². The predicted molar refractivity (Wildman–Crippen MR) is 75.3 cm³/mol. The normalized spacial score (nSPS) is 20.8. The van der Waals surface area contributed by atoms with Crippen molar-refractivity contribution in [2.24, 2.45) is 0 Å². The van der Waals surface area contributed by atoms with Crippen molar-refractivity contribution in [1.82, 2.24) is 4.90 Å². The first kappa shape index (κ1) is 16.2. The summed E-state index contributed by atoms with van der Waals surface area (Å²) in [6, 6.07) is 0. The van der Waals surface area contributed by atoms with E-state index in [1.165, 1.54) is 12.0 Å². The van der Waals surface area contributed by atoms with Gasteiger partial charge < -0.3 is 14.1 Å². The minimum Gasteiger partial charge on any atom is -0.468 e. The molecule has 1 aliphatic heterocycles. The quantitative estimate of drug-likeness (QED) is 0.584. The van der Waals surface area contributed by atoms with Crippen LogP contribution < -0.4 is 0 Å². The van der Waals surface area contributed by atoms with E-state index >= 15 is 0 Å². The largest absolute Gasteiger partial charge is 0.468 e. The summed E-state index contributed by atoms with van der Waals surface area (Å²) in [6.45, 7) is 11.3. The van der Waals surface area contributed by atoms with Crippen molar-refractivity contribution in [3.05, 3.63) is 0 Å². The van der Waals surface area contributed by atoms with Crippen molar-refractivity contribution in [2.45, 2.75) is 51.4 Å². The molecule has 19 heavy (non-hydrogen) atoms. The second-order valence-corrected chi connectivity index (χ2v) is 11.3. The Balaban J connectivity index is 2.60. The van der Waals surface area contributed by atoms with Crippen molar-refractivity contribution >= 4 is 20.2 Å². The van der Waals surface area contributed by atoms with E-state index in [0.29, 0.717) is 13.0 Å². The number of ether oxygens (including phenoxy) is 1. The molecular formula is C13H25NO4Si. The van der Waals surface area contributed by atoms with Gasteiger partial charge in [0.1, 0.15) is 6.54 Å². The smallest absolute Gasteiger partial charge is 0.325 e. The van der Waals surface area contributed by atoms with Gasteiger partial charge in [-0.05, 0) is 18.1 Å². The molecule has 1 atom stereocenters. The van der Waals surface area contributed by atoms with Gasteiger partial charge in [0.25, 0.3) is 0 Å². The number of likely N-dealkylation sites (tertiary alicyclic amines) is 1. The Morgan fingerprint density at radius 1 is 1.42 bits per heavy atom. The number of hydrogen-bond acceptors (Lipinski definition) is 4. The monoisotopic (exact) mass is 287 g/mol. The molecule has 1 amide bonds. The first-order valence-corrected chi connectivity index (χ1v) is 9.50. The van der Waals surface area contributed by atoms with Gasteiger partial charge in [-0.1, -0.05) is 20.8 Å². The lowest BCUT2D eigenvalue weighted by Gasteiger charge is -2.38. The van der Waals surface area contributed by atoms with Crippen LogP contribution in [0.4, 0.5) is 0 Å². The summed E-state index contributed by atoms with van der Waals surface area (Å²) in [4.78, 5) is 24.6. The van der Waals surface area contributed by atoms with Crippen LogP contribution in [0, 0.1) is 0 Å². The summed E-state index contributed by atoms with van der Waals surface area (Å²) in [7, 11) is -0.547. The molecule has 0 spiro atoms. The molecule has 0 bridgehead atoms. The highest BCUT2D eigenvalue weighted by Gasteiger charge is 2.42. The second kappa shape index (κ2) is 5.62. The molecule has 1 unspecified atom stereocenters. The van der Waals surface area contributed by atoms with Crippen LogP contribution in [0.3, 0.4) is 0 Å². The average Bonchev–Trinajstić information content (AvgIpc) is 2.56. The van der Waals surface area contributed by atoms with E-state index in [4.69, 9.17) is 4.43 Å². The third-order valence-corrected chi connectivity index (χ3v) is 8.53. The number of amides is 1. The predicted octanol–water partition coefficient (Wildman–Crippen LogP) is 1.78. The molecule has 0 aromatic heterocycles. The van der Waals surface area contributed by atoms with Crippen LogP contribution in [-0.4, -0.2) is 51.4 Å². The SMILES string of the molecule is COC(=O)CN1CC(O[Si](C)(C)C(C)(C)C)CC1=O. The number of carbonyl (C=O) groups excluding carboxylic acids is 2. The van der Waals surface area contributed by atoms with Gasteiger partial charge in [0.05, 0.1) is 19.6 Å². The molecule has 5 nitrogen and oxygen atoms in total. The summed E-state index contributed by atoms with van der Waals surface area (Å²) >= 11 is 0. The molecule has 1 aliphatic rings. The van der Waals surface area contributed by atoms with Crippen molar-refractivity contribution < 1.29 is 18.8 Å². The van der Waals surface area contributed by atoms with E-state index in [0.717, 1.165) is 0 Å². The topological polar surface area (TPSA) is 55.8 Å². The molecule has 0 aromatic carbocycles. The zero-order valence-electron chi connectivity index (χ0n) is 12.8. The molecule has 0 radical (unpaired) electrons. The fraction of sp³-hybridized carbons (Fsp3) is 0.846. The highest BCUT2D eigenvalue weighted by atomic mass is 28.4. The molecule has 0 aromatic rings. The third-order valence-electron chi connectivity index (χ3n) is 3.99. The van der Waals surface area contributed by atoms with E-state index in [-0.39, 0.29) is 29.6 Å². The van der Waals surface area contributed by atoms with E-state index in [1.807, 2.05) is 0 Å². The Labute approximate surface area is 116 Å². The lowest BCUT2D eigenvalue weighted by atomic mass is 10.2. The van der Waals surface area contributed by atoms with Gasteiger partial charge in [-0.25, -0.2) is 0 Å². The van der Waals surface area contributed by atoms with Crippen LogP contribution in [0.1, 0.15) is 27.2 Å². The van der Waals surface area contributed by atoms with E-state index in [1.54, 1.807) is 0 Å². The average molecular weight is 287 g/mol. The number of esters is 1. The van der Waals surface area contributed by atoms with Crippen LogP contribution >= 0.6 is 0 Å². The van der Waals surface area contributed by atoms with E-state index in [9.17, 15) is 9.59 Å². The van der Waals surface area contributed by atoms with Crippen molar-refractivity contribution in [3.8, 4) is 0 Å². The molecular weight excluding hydrogens is 262 g/mol. The summed E-state index contributed by atoms with van der Waals surface area (Å²) < 4.78 is 10.8. The zero-order valence-corrected chi connectivity index (χ0v) is 13.8. The molecule has 1 rings (SSSR count). The van der Waals surface area contributed by atoms with Gasteiger partial charge in [-0.3, -0.25) is 9.59 Å². The van der Waals surface area contributed by atoms with Gasteiger partial charge in [-0.2, -0.15) is 0 Å². The van der Waals surface area contributed by atoms with Crippen LogP contribution in [0.15, 0.2) is 0 Å².